The van der Waals surface area contributed by atoms with Crippen LogP contribution in [0.1, 0.15) is 36.5 Å². The van der Waals surface area contributed by atoms with Crippen LogP contribution in [0, 0.1) is 0 Å². The summed E-state index contributed by atoms with van der Waals surface area (Å²) in [6.07, 6.45) is 3.21. The van der Waals surface area contributed by atoms with E-state index in [0.29, 0.717) is 12.1 Å². The summed E-state index contributed by atoms with van der Waals surface area (Å²) in [7, 11) is -2.28. The number of rotatable bonds is 9. The summed E-state index contributed by atoms with van der Waals surface area (Å²) >= 11 is 0. The Balaban J connectivity index is 2.29. The predicted octanol–water partition coefficient (Wildman–Crippen LogP) is 1.60. The SMILES string of the molecule is CCCNCCCCNC(=O)c1ccc([Si](C)(C)O)cc1. The van der Waals surface area contributed by atoms with Crippen LogP contribution in [0.15, 0.2) is 24.3 Å². The minimum absolute atomic E-state index is 0.0412. The van der Waals surface area contributed by atoms with Crippen molar-refractivity contribution >= 4 is 19.4 Å². The van der Waals surface area contributed by atoms with Crippen LogP contribution in [-0.2, 0) is 0 Å². The molecule has 5 heteroatoms. The Kier molecular flexibility index (Phi) is 7.64. The van der Waals surface area contributed by atoms with Crippen LogP contribution in [-0.4, -0.2) is 38.7 Å². The number of carbonyl (C=O) groups is 1. The molecule has 0 aromatic heterocycles. The van der Waals surface area contributed by atoms with Gasteiger partial charge in [-0.3, -0.25) is 4.79 Å². The molecule has 0 heterocycles. The van der Waals surface area contributed by atoms with Crippen molar-refractivity contribution < 1.29 is 9.59 Å². The first kappa shape index (κ1) is 17.9. The van der Waals surface area contributed by atoms with Crippen molar-refractivity contribution in [3.8, 4) is 0 Å². The van der Waals surface area contributed by atoms with E-state index in [1.165, 1.54) is 0 Å². The summed E-state index contributed by atoms with van der Waals surface area (Å²) in [5.74, 6) is -0.0412. The van der Waals surface area contributed by atoms with Crippen molar-refractivity contribution in [2.45, 2.75) is 39.3 Å². The normalized spacial score (nSPS) is 11.4. The molecule has 0 saturated carbocycles. The van der Waals surface area contributed by atoms with Crippen molar-refractivity contribution in [2.75, 3.05) is 19.6 Å². The Morgan fingerprint density at radius 3 is 2.29 bits per heavy atom. The molecule has 118 valence electrons. The molecule has 4 nitrogen and oxygen atoms in total. The third-order valence-corrected chi connectivity index (χ3v) is 5.09. The average molecular weight is 308 g/mol. The maximum atomic E-state index is 12.0. The van der Waals surface area contributed by atoms with Crippen molar-refractivity contribution in [1.29, 1.82) is 0 Å². The Morgan fingerprint density at radius 2 is 1.71 bits per heavy atom. The van der Waals surface area contributed by atoms with Crippen LogP contribution in [0.2, 0.25) is 13.1 Å². The summed E-state index contributed by atoms with van der Waals surface area (Å²) in [5, 5.41) is 7.22. The van der Waals surface area contributed by atoms with E-state index in [9.17, 15) is 9.59 Å². The van der Waals surface area contributed by atoms with Gasteiger partial charge in [-0.05, 0) is 62.8 Å². The third kappa shape index (κ3) is 6.88. The van der Waals surface area contributed by atoms with Crippen molar-refractivity contribution in [3.63, 3.8) is 0 Å². The first-order valence-electron chi connectivity index (χ1n) is 7.77. The van der Waals surface area contributed by atoms with Gasteiger partial charge in [0.2, 0.25) is 8.32 Å². The van der Waals surface area contributed by atoms with E-state index in [-0.39, 0.29) is 5.91 Å². The standard InChI is InChI=1S/C16H28N2O2Si/c1-4-11-17-12-5-6-13-18-16(19)14-7-9-15(10-8-14)21(2,3)20/h7-10,17,20H,4-6,11-13H2,1-3H3,(H,18,19). The van der Waals surface area contributed by atoms with Crippen LogP contribution in [0.25, 0.3) is 0 Å². The quantitative estimate of drug-likeness (QED) is 0.480. The summed E-state index contributed by atoms with van der Waals surface area (Å²) in [6, 6.07) is 7.29. The minimum atomic E-state index is -2.28. The van der Waals surface area contributed by atoms with E-state index in [1.807, 2.05) is 25.2 Å². The molecule has 0 aliphatic rings. The number of nitrogens with one attached hydrogen (secondary N) is 2. The molecule has 1 amide bonds. The molecule has 0 atom stereocenters. The highest BCUT2D eigenvalue weighted by Gasteiger charge is 2.19. The van der Waals surface area contributed by atoms with Crippen molar-refractivity contribution in [3.05, 3.63) is 29.8 Å². The lowest BCUT2D eigenvalue weighted by molar-refractivity contribution is 0.0953. The largest absolute Gasteiger partial charge is 0.428 e. The van der Waals surface area contributed by atoms with E-state index >= 15 is 0 Å². The first-order chi connectivity index (χ1) is 9.95. The van der Waals surface area contributed by atoms with Gasteiger partial charge in [-0.2, -0.15) is 0 Å². The number of unbranched alkanes of at least 4 members (excludes halogenated alkanes) is 1. The van der Waals surface area contributed by atoms with Gasteiger partial charge in [0.05, 0.1) is 0 Å². The van der Waals surface area contributed by atoms with Gasteiger partial charge < -0.3 is 15.4 Å². The van der Waals surface area contributed by atoms with E-state index in [0.717, 1.165) is 37.5 Å². The summed E-state index contributed by atoms with van der Waals surface area (Å²) in [4.78, 5) is 22.0. The predicted molar refractivity (Wildman–Crippen MR) is 90.5 cm³/mol. The van der Waals surface area contributed by atoms with Crippen molar-refractivity contribution in [2.24, 2.45) is 0 Å². The fraction of sp³-hybridized carbons (Fsp3) is 0.562. The molecule has 3 N–H and O–H groups in total. The van der Waals surface area contributed by atoms with Gasteiger partial charge in [0.15, 0.2) is 0 Å². The summed E-state index contributed by atoms with van der Waals surface area (Å²) < 4.78 is 0. The van der Waals surface area contributed by atoms with Crippen LogP contribution in [0.4, 0.5) is 0 Å². The van der Waals surface area contributed by atoms with Gasteiger partial charge >= 0.3 is 0 Å². The monoisotopic (exact) mass is 308 g/mol. The lowest BCUT2D eigenvalue weighted by Crippen LogP contribution is -2.41. The zero-order chi connectivity index (χ0) is 15.7. The Hall–Kier alpha value is -1.17. The molecular weight excluding hydrogens is 280 g/mol. The van der Waals surface area contributed by atoms with E-state index < -0.39 is 8.32 Å². The third-order valence-electron chi connectivity index (χ3n) is 3.35. The molecule has 0 unspecified atom stereocenters. The highest BCUT2D eigenvalue weighted by atomic mass is 28.4. The van der Waals surface area contributed by atoms with Crippen LogP contribution in [0.5, 0.6) is 0 Å². The van der Waals surface area contributed by atoms with Gasteiger partial charge in [-0.1, -0.05) is 19.1 Å². The zero-order valence-electron chi connectivity index (χ0n) is 13.4. The number of benzene rings is 1. The molecule has 0 fully saturated rings. The molecule has 0 bridgehead atoms. The molecule has 1 aromatic rings. The highest BCUT2D eigenvalue weighted by Crippen LogP contribution is 2.02. The molecule has 0 radical (unpaired) electrons. The maximum Gasteiger partial charge on any atom is 0.251 e. The number of carbonyl (C=O) groups excluding carboxylic acids is 1. The summed E-state index contributed by atoms with van der Waals surface area (Å²) in [5.41, 5.74) is 0.654. The zero-order valence-corrected chi connectivity index (χ0v) is 14.4. The van der Waals surface area contributed by atoms with Crippen LogP contribution >= 0.6 is 0 Å². The second-order valence-electron chi connectivity index (χ2n) is 5.85. The number of amides is 1. The highest BCUT2D eigenvalue weighted by molar-refractivity contribution is 6.83. The molecular formula is C16H28N2O2Si. The molecule has 0 saturated heterocycles. The topological polar surface area (TPSA) is 61.4 Å². The van der Waals surface area contributed by atoms with Gasteiger partial charge in [0.25, 0.3) is 5.91 Å². The molecule has 0 aliphatic heterocycles. The smallest absolute Gasteiger partial charge is 0.251 e. The van der Waals surface area contributed by atoms with Gasteiger partial charge in [-0.15, -0.1) is 0 Å². The fourth-order valence-corrected chi connectivity index (χ4v) is 2.99. The fourth-order valence-electron chi connectivity index (χ4n) is 2.01. The second kappa shape index (κ2) is 8.97. The van der Waals surface area contributed by atoms with E-state index in [4.69, 9.17) is 0 Å². The van der Waals surface area contributed by atoms with E-state index in [2.05, 4.69) is 17.6 Å². The first-order valence-corrected chi connectivity index (χ1v) is 10.7. The van der Waals surface area contributed by atoms with Gasteiger partial charge in [-0.25, -0.2) is 0 Å². The van der Waals surface area contributed by atoms with Crippen LogP contribution in [0.3, 0.4) is 0 Å². The minimum Gasteiger partial charge on any atom is -0.428 e. The van der Waals surface area contributed by atoms with Crippen LogP contribution < -0.4 is 15.8 Å². The summed E-state index contributed by atoms with van der Waals surface area (Å²) in [6.45, 7) is 8.66. The number of hydrogen-bond acceptors (Lipinski definition) is 3. The van der Waals surface area contributed by atoms with Gasteiger partial charge in [0.1, 0.15) is 0 Å². The van der Waals surface area contributed by atoms with E-state index in [1.54, 1.807) is 12.1 Å². The Morgan fingerprint density at radius 1 is 1.10 bits per heavy atom. The average Bonchev–Trinajstić information content (AvgIpc) is 2.45. The lowest BCUT2D eigenvalue weighted by Gasteiger charge is -2.14. The Bertz CT molecular complexity index is 427. The van der Waals surface area contributed by atoms with Crippen molar-refractivity contribution in [1.82, 2.24) is 10.6 Å². The maximum absolute atomic E-state index is 12.0. The molecule has 0 aliphatic carbocycles. The lowest BCUT2D eigenvalue weighted by atomic mass is 10.2. The number of hydrogen-bond donors (Lipinski definition) is 3. The molecule has 0 spiro atoms. The Labute approximate surface area is 129 Å². The second-order valence-corrected chi connectivity index (χ2v) is 9.54. The molecule has 1 aromatic carbocycles. The molecule has 21 heavy (non-hydrogen) atoms. The van der Waals surface area contributed by atoms with Gasteiger partial charge in [0, 0.05) is 12.1 Å². The molecule has 1 rings (SSSR count).